The van der Waals surface area contributed by atoms with Gasteiger partial charge in [-0.05, 0) is 54.8 Å². The first-order valence-corrected chi connectivity index (χ1v) is 10.1. The topological polar surface area (TPSA) is 48.4 Å². The molecule has 1 aliphatic heterocycles. The summed E-state index contributed by atoms with van der Waals surface area (Å²) < 4.78 is 10.9. The van der Waals surface area contributed by atoms with Gasteiger partial charge < -0.3 is 9.47 Å². The van der Waals surface area contributed by atoms with Gasteiger partial charge in [-0.25, -0.2) is 4.98 Å². The molecule has 1 aliphatic carbocycles. The van der Waals surface area contributed by atoms with Gasteiger partial charge in [0.1, 0.15) is 11.9 Å². The fraction of sp³-hybridized carbons (Fsp3) is 0.280. The number of cyclic esters (lactones) is 1. The molecule has 4 nitrogen and oxygen atoms in total. The van der Waals surface area contributed by atoms with Crippen LogP contribution in [0, 0.1) is 11.8 Å². The van der Waals surface area contributed by atoms with Crippen molar-refractivity contribution in [2.24, 2.45) is 11.8 Å². The van der Waals surface area contributed by atoms with Crippen molar-refractivity contribution in [3.8, 4) is 5.75 Å². The predicted octanol–water partition coefficient (Wildman–Crippen LogP) is 4.77. The first-order valence-electron chi connectivity index (χ1n) is 10.1. The van der Waals surface area contributed by atoms with Crippen LogP contribution in [0.1, 0.15) is 29.7 Å². The van der Waals surface area contributed by atoms with Crippen LogP contribution in [0.5, 0.6) is 5.75 Å². The van der Waals surface area contributed by atoms with E-state index >= 15 is 0 Å². The Bertz CT molecular complexity index is 1120. The number of methoxy groups -OCH3 is 1. The summed E-state index contributed by atoms with van der Waals surface area (Å²) in [6.45, 7) is 2.01. The van der Waals surface area contributed by atoms with Crippen LogP contribution in [-0.4, -0.2) is 24.2 Å². The maximum atomic E-state index is 12.4. The Morgan fingerprint density at radius 3 is 2.86 bits per heavy atom. The summed E-state index contributed by atoms with van der Waals surface area (Å²) in [5, 5.41) is 1.05. The van der Waals surface area contributed by atoms with Crippen LogP contribution in [-0.2, 0) is 16.0 Å². The average Bonchev–Trinajstić information content (AvgIpc) is 3.04. The van der Waals surface area contributed by atoms with E-state index in [-0.39, 0.29) is 29.8 Å². The van der Waals surface area contributed by atoms with E-state index in [1.165, 1.54) is 11.1 Å². The highest BCUT2D eigenvalue weighted by Crippen LogP contribution is 2.47. The number of carbonyl (C=O) groups is 1. The summed E-state index contributed by atoms with van der Waals surface area (Å²) >= 11 is 0. The van der Waals surface area contributed by atoms with Crippen molar-refractivity contribution in [1.29, 1.82) is 0 Å². The highest BCUT2D eigenvalue weighted by atomic mass is 16.6. The van der Waals surface area contributed by atoms with Crippen molar-refractivity contribution >= 4 is 22.9 Å². The van der Waals surface area contributed by atoms with Crippen molar-refractivity contribution in [2.45, 2.75) is 25.4 Å². The number of rotatable bonds is 3. The summed E-state index contributed by atoms with van der Waals surface area (Å²) in [7, 11) is 1.67. The third-order valence-electron chi connectivity index (χ3n) is 6.27. The van der Waals surface area contributed by atoms with Crippen LogP contribution in [0.15, 0.2) is 60.7 Å². The lowest BCUT2D eigenvalue weighted by Gasteiger charge is -2.33. The highest BCUT2D eigenvalue weighted by Gasteiger charge is 2.49. The first kappa shape index (κ1) is 17.9. The Labute approximate surface area is 170 Å². The van der Waals surface area contributed by atoms with Gasteiger partial charge in [0.15, 0.2) is 0 Å². The molecule has 2 aliphatic rings. The van der Waals surface area contributed by atoms with Gasteiger partial charge in [-0.3, -0.25) is 4.79 Å². The Balaban J connectivity index is 1.51. The van der Waals surface area contributed by atoms with E-state index in [1.807, 2.05) is 37.3 Å². The second-order valence-electron chi connectivity index (χ2n) is 7.91. The predicted molar refractivity (Wildman–Crippen MR) is 113 cm³/mol. The van der Waals surface area contributed by atoms with Crippen molar-refractivity contribution in [3.63, 3.8) is 0 Å². The number of carbonyl (C=O) groups excluding carboxylic acids is 1. The fourth-order valence-corrected chi connectivity index (χ4v) is 4.86. The molecule has 0 saturated carbocycles. The molecule has 29 heavy (non-hydrogen) atoms. The molecule has 1 saturated heterocycles. The van der Waals surface area contributed by atoms with Gasteiger partial charge in [-0.2, -0.15) is 0 Å². The molecule has 0 unspecified atom stereocenters. The summed E-state index contributed by atoms with van der Waals surface area (Å²) in [5.74, 6) is 1.00. The number of hydrogen-bond acceptors (Lipinski definition) is 4. The molecule has 1 aromatic heterocycles. The van der Waals surface area contributed by atoms with Crippen molar-refractivity contribution in [2.75, 3.05) is 7.11 Å². The highest BCUT2D eigenvalue weighted by molar-refractivity contribution is 5.81. The SMILES string of the molecule is COc1ccc2nc(/C=C/[C@@H]3c4ccccc4C[C@H]4C(=O)O[C@@H](C)[C@@H]34)ccc2c1. The van der Waals surface area contributed by atoms with E-state index in [0.717, 1.165) is 28.8 Å². The number of aromatic nitrogens is 1. The molecule has 0 amide bonds. The van der Waals surface area contributed by atoms with Gasteiger partial charge >= 0.3 is 5.97 Å². The molecular formula is C25H23NO3. The number of hydrogen-bond donors (Lipinski definition) is 0. The molecule has 4 atom stereocenters. The minimum atomic E-state index is -0.0764. The van der Waals surface area contributed by atoms with Gasteiger partial charge in [0.25, 0.3) is 0 Å². The largest absolute Gasteiger partial charge is 0.497 e. The second kappa shape index (κ2) is 7.03. The van der Waals surface area contributed by atoms with Crippen LogP contribution in [0.3, 0.4) is 0 Å². The van der Waals surface area contributed by atoms with E-state index in [0.29, 0.717) is 0 Å². The molecule has 0 N–H and O–H groups in total. The van der Waals surface area contributed by atoms with Crippen molar-refractivity contribution in [1.82, 2.24) is 4.98 Å². The zero-order valence-electron chi connectivity index (χ0n) is 16.5. The summed E-state index contributed by atoms with van der Waals surface area (Å²) in [6, 6.07) is 18.4. The molecule has 0 radical (unpaired) electrons. The second-order valence-corrected chi connectivity index (χ2v) is 7.91. The molecule has 0 bridgehead atoms. The third-order valence-corrected chi connectivity index (χ3v) is 6.27. The third kappa shape index (κ3) is 3.09. The zero-order chi connectivity index (χ0) is 20.0. The van der Waals surface area contributed by atoms with E-state index in [2.05, 4.69) is 36.4 Å². The number of nitrogens with zero attached hydrogens (tertiary/aromatic N) is 1. The number of pyridine rings is 1. The monoisotopic (exact) mass is 385 g/mol. The van der Waals surface area contributed by atoms with Gasteiger partial charge in [0.05, 0.1) is 24.2 Å². The zero-order valence-corrected chi connectivity index (χ0v) is 16.5. The summed E-state index contributed by atoms with van der Waals surface area (Å²) in [4.78, 5) is 17.1. The molecular weight excluding hydrogens is 362 g/mol. The molecule has 146 valence electrons. The van der Waals surface area contributed by atoms with Crippen molar-refractivity contribution < 1.29 is 14.3 Å². The standard InChI is InChI=1S/C25H23NO3/c1-15-24-21(20-6-4-3-5-16(20)14-22(24)25(27)29-15)11-9-18-8-7-17-13-19(28-2)10-12-23(17)26-18/h3-13,15,21-22,24H,14H2,1-2H3/b11-9+/t15-,21+,22+,24-/m0/s1. The van der Waals surface area contributed by atoms with E-state index < -0.39 is 0 Å². The number of benzene rings is 2. The Morgan fingerprint density at radius 1 is 1.14 bits per heavy atom. The van der Waals surface area contributed by atoms with Crippen LogP contribution >= 0.6 is 0 Å². The van der Waals surface area contributed by atoms with Crippen LogP contribution in [0.2, 0.25) is 0 Å². The van der Waals surface area contributed by atoms with Gasteiger partial charge in [-0.1, -0.05) is 36.4 Å². The summed E-state index contributed by atoms with van der Waals surface area (Å²) in [5.41, 5.74) is 4.37. The van der Waals surface area contributed by atoms with E-state index in [4.69, 9.17) is 14.5 Å². The lowest BCUT2D eigenvalue weighted by molar-refractivity contribution is -0.143. The maximum Gasteiger partial charge on any atom is 0.310 e. The smallest absolute Gasteiger partial charge is 0.310 e. The first-order chi connectivity index (χ1) is 14.1. The molecule has 4 heteroatoms. The lowest BCUT2D eigenvalue weighted by Crippen LogP contribution is -2.31. The molecule has 0 spiro atoms. The normalized spacial score (nSPS) is 25.7. The molecule has 1 fully saturated rings. The Morgan fingerprint density at radius 2 is 2.00 bits per heavy atom. The minimum Gasteiger partial charge on any atom is -0.497 e. The van der Waals surface area contributed by atoms with Gasteiger partial charge in [-0.15, -0.1) is 0 Å². The van der Waals surface area contributed by atoms with E-state index in [9.17, 15) is 4.79 Å². The Hall–Kier alpha value is -3.14. The van der Waals surface area contributed by atoms with Gasteiger partial charge in [0.2, 0.25) is 0 Å². The quantitative estimate of drug-likeness (QED) is 0.609. The van der Waals surface area contributed by atoms with Crippen molar-refractivity contribution in [3.05, 3.63) is 77.5 Å². The van der Waals surface area contributed by atoms with Crippen LogP contribution < -0.4 is 4.74 Å². The number of ether oxygens (including phenoxy) is 2. The number of esters is 1. The number of fused-ring (bicyclic) bond motifs is 3. The Kier molecular flexibility index (Phi) is 4.35. The van der Waals surface area contributed by atoms with Crippen LogP contribution in [0.4, 0.5) is 0 Å². The van der Waals surface area contributed by atoms with E-state index in [1.54, 1.807) is 7.11 Å². The molecule has 2 aromatic carbocycles. The number of allylic oxidation sites excluding steroid dienone is 1. The minimum absolute atomic E-state index is 0.0619. The molecule has 2 heterocycles. The fourth-order valence-electron chi connectivity index (χ4n) is 4.86. The molecule has 3 aromatic rings. The molecule has 5 rings (SSSR count). The maximum absolute atomic E-state index is 12.4. The summed E-state index contributed by atoms with van der Waals surface area (Å²) in [6.07, 6.45) is 4.96. The van der Waals surface area contributed by atoms with Gasteiger partial charge in [0, 0.05) is 17.2 Å². The van der Waals surface area contributed by atoms with Crippen LogP contribution in [0.25, 0.3) is 17.0 Å². The average molecular weight is 385 g/mol. The lowest BCUT2D eigenvalue weighted by atomic mass is 9.68.